The summed E-state index contributed by atoms with van der Waals surface area (Å²) in [6.45, 7) is 6.47. The molecule has 1 fully saturated rings. The van der Waals surface area contributed by atoms with Gasteiger partial charge in [-0.1, -0.05) is 39.5 Å². The fourth-order valence-corrected chi connectivity index (χ4v) is 5.27. The normalized spacial score (nSPS) is 16.7. The molecule has 1 amide bonds. The van der Waals surface area contributed by atoms with E-state index in [0.29, 0.717) is 29.6 Å². The molecule has 0 aliphatic carbocycles. The van der Waals surface area contributed by atoms with Crippen LogP contribution in [0.4, 0.5) is 0 Å². The van der Waals surface area contributed by atoms with Crippen molar-refractivity contribution in [2.24, 2.45) is 5.73 Å². The van der Waals surface area contributed by atoms with Gasteiger partial charge in [0.05, 0.1) is 28.7 Å². The first-order valence-electron chi connectivity index (χ1n) is 11.3. The summed E-state index contributed by atoms with van der Waals surface area (Å²) in [5.41, 5.74) is 8.12. The van der Waals surface area contributed by atoms with Gasteiger partial charge in [0, 0.05) is 30.4 Å². The number of hydrogen-bond acceptors (Lipinski definition) is 3. The SMILES string of the molecule is CCCCCCCOc1cc(C(N)=O)c2[nH]cc(C3CCN(S(=O)CC)CC3)c2c1. The van der Waals surface area contributed by atoms with Gasteiger partial charge in [-0.15, -0.1) is 0 Å². The average Bonchev–Trinajstić information content (AvgIpc) is 3.19. The van der Waals surface area contributed by atoms with Crippen LogP contribution in [0.25, 0.3) is 10.9 Å². The minimum Gasteiger partial charge on any atom is -0.494 e. The number of aromatic nitrogens is 1. The van der Waals surface area contributed by atoms with Crippen LogP contribution < -0.4 is 10.5 Å². The minimum atomic E-state index is -0.879. The van der Waals surface area contributed by atoms with Gasteiger partial charge in [0.25, 0.3) is 5.91 Å². The van der Waals surface area contributed by atoms with Crippen LogP contribution in [0.15, 0.2) is 18.3 Å². The standard InChI is InChI=1S/C23H35N3O3S/c1-3-5-6-7-8-13-29-18-14-19-21(16-25-22(19)20(15-18)23(24)27)17-9-11-26(12-10-17)30(28)4-2/h14-17,25H,3-13H2,1-2H3,(H2,24,27). The van der Waals surface area contributed by atoms with Gasteiger partial charge in [-0.3, -0.25) is 4.79 Å². The first kappa shape index (κ1) is 22.8. The fraction of sp³-hybridized carbons (Fsp3) is 0.609. The first-order chi connectivity index (χ1) is 14.5. The fourth-order valence-electron chi connectivity index (χ4n) is 4.29. The highest BCUT2D eigenvalue weighted by Gasteiger charge is 2.26. The number of unbranched alkanes of at least 4 members (excludes halogenated alkanes) is 4. The predicted molar refractivity (Wildman–Crippen MR) is 123 cm³/mol. The molecule has 3 rings (SSSR count). The van der Waals surface area contributed by atoms with Crippen LogP contribution in [-0.2, 0) is 11.0 Å². The molecule has 0 radical (unpaired) electrons. The van der Waals surface area contributed by atoms with E-state index in [1.165, 1.54) is 24.8 Å². The van der Waals surface area contributed by atoms with Crippen LogP contribution in [0.3, 0.4) is 0 Å². The number of fused-ring (bicyclic) bond motifs is 1. The van der Waals surface area contributed by atoms with E-state index < -0.39 is 16.9 Å². The number of rotatable bonds is 11. The van der Waals surface area contributed by atoms with E-state index in [1.807, 2.05) is 19.2 Å². The van der Waals surface area contributed by atoms with Crippen LogP contribution in [-0.4, -0.2) is 44.9 Å². The molecule has 3 N–H and O–H groups in total. The van der Waals surface area contributed by atoms with Crippen molar-refractivity contribution < 1.29 is 13.7 Å². The number of nitrogens with one attached hydrogen (secondary N) is 1. The molecule has 1 unspecified atom stereocenters. The van der Waals surface area contributed by atoms with Crippen LogP contribution >= 0.6 is 0 Å². The van der Waals surface area contributed by atoms with Crippen molar-refractivity contribution in [3.05, 3.63) is 29.5 Å². The quantitative estimate of drug-likeness (QED) is 0.512. The molecule has 1 aliphatic rings. The number of benzene rings is 1. The van der Waals surface area contributed by atoms with E-state index in [9.17, 15) is 9.00 Å². The number of primary amides is 1. The van der Waals surface area contributed by atoms with E-state index >= 15 is 0 Å². The number of hydrogen-bond donors (Lipinski definition) is 2. The van der Waals surface area contributed by atoms with E-state index in [4.69, 9.17) is 10.5 Å². The molecule has 0 spiro atoms. The van der Waals surface area contributed by atoms with Gasteiger partial charge in [-0.05, 0) is 42.9 Å². The highest BCUT2D eigenvalue weighted by Crippen LogP contribution is 2.36. The Morgan fingerprint density at radius 3 is 2.60 bits per heavy atom. The van der Waals surface area contributed by atoms with Crippen molar-refractivity contribution in [1.29, 1.82) is 0 Å². The number of piperidine rings is 1. The molecule has 1 aliphatic heterocycles. The molecule has 1 atom stereocenters. The van der Waals surface area contributed by atoms with Crippen molar-refractivity contribution in [3.63, 3.8) is 0 Å². The first-order valence-corrected chi connectivity index (χ1v) is 12.5. The summed E-state index contributed by atoms with van der Waals surface area (Å²) in [6.07, 6.45) is 9.79. The average molecular weight is 434 g/mol. The maximum Gasteiger partial charge on any atom is 0.250 e. The Bertz CT molecular complexity index is 872. The van der Waals surface area contributed by atoms with Crippen molar-refractivity contribution in [3.8, 4) is 5.75 Å². The number of carbonyl (C=O) groups is 1. The van der Waals surface area contributed by atoms with Crippen molar-refractivity contribution >= 4 is 27.8 Å². The third-order valence-electron chi connectivity index (χ3n) is 6.01. The smallest absolute Gasteiger partial charge is 0.250 e. The zero-order chi connectivity index (χ0) is 21.5. The molecule has 166 valence electrons. The zero-order valence-corrected chi connectivity index (χ0v) is 19.1. The lowest BCUT2D eigenvalue weighted by molar-refractivity contribution is 0.100. The maximum atomic E-state index is 12.1. The molecule has 0 bridgehead atoms. The van der Waals surface area contributed by atoms with Gasteiger partial charge in [-0.25, -0.2) is 8.51 Å². The van der Waals surface area contributed by atoms with Gasteiger partial charge < -0.3 is 15.5 Å². The second kappa shape index (κ2) is 11.0. The summed E-state index contributed by atoms with van der Waals surface area (Å²) in [4.78, 5) is 15.3. The van der Waals surface area contributed by atoms with Crippen LogP contribution in [0.1, 0.15) is 80.6 Å². The molecule has 2 heterocycles. The summed E-state index contributed by atoms with van der Waals surface area (Å²) in [5, 5.41) is 1.02. The monoisotopic (exact) mass is 433 g/mol. The van der Waals surface area contributed by atoms with Crippen LogP contribution in [0.5, 0.6) is 5.75 Å². The minimum absolute atomic E-state index is 0.369. The number of ether oxygens (including phenoxy) is 1. The molecule has 30 heavy (non-hydrogen) atoms. The molecular weight excluding hydrogens is 398 g/mol. The maximum absolute atomic E-state index is 12.1. The Labute approximate surface area is 182 Å². The van der Waals surface area contributed by atoms with Crippen molar-refractivity contribution in [2.75, 3.05) is 25.4 Å². The molecular formula is C23H35N3O3S. The Hall–Kier alpha value is -1.86. The second-order valence-corrected chi connectivity index (χ2v) is 9.81. The molecule has 0 saturated carbocycles. The van der Waals surface area contributed by atoms with Crippen molar-refractivity contribution in [1.82, 2.24) is 9.29 Å². The Balaban J connectivity index is 1.75. The lowest BCUT2D eigenvalue weighted by Gasteiger charge is -2.30. The number of carbonyl (C=O) groups excluding carboxylic acids is 1. The summed E-state index contributed by atoms with van der Waals surface area (Å²) in [6, 6.07) is 3.79. The summed E-state index contributed by atoms with van der Waals surface area (Å²) >= 11 is 0. The van der Waals surface area contributed by atoms with Gasteiger partial charge in [-0.2, -0.15) is 0 Å². The highest BCUT2D eigenvalue weighted by atomic mass is 32.2. The number of nitrogens with zero attached hydrogens (tertiary/aromatic N) is 1. The van der Waals surface area contributed by atoms with Gasteiger partial charge in [0.2, 0.25) is 0 Å². The summed E-state index contributed by atoms with van der Waals surface area (Å²) < 4.78 is 20.1. The van der Waals surface area contributed by atoms with Crippen molar-refractivity contribution in [2.45, 2.75) is 64.7 Å². The van der Waals surface area contributed by atoms with E-state index in [1.54, 1.807) is 6.07 Å². The Morgan fingerprint density at radius 1 is 1.20 bits per heavy atom. The zero-order valence-electron chi connectivity index (χ0n) is 18.2. The molecule has 2 aromatic rings. The molecule has 1 saturated heterocycles. The molecule has 7 heteroatoms. The largest absolute Gasteiger partial charge is 0.494 e. The van der Waals surface area contributed by atoms with Crippen LogP contribution in [0, 0.1) is 0 Å². The van der Waals surface area contributed by atoms with E-state index in [-0.39, 0.29) is 0 Å². The number of amides is 1. The van der Waals surface area contributed by atoms with E-state index in [0.717, 1.165) is 49.7 Å². The topological polar surface area (TPSA) is 88.4 Å². The van der Waals surface area contributed by atoms with E-state index in [2.05, 4.69) is 16.2 Å². The Morgan fingerprint density at radius 2 is 1.93 bits per heavy atom. The number of H-pyrrole nitrogens is 1. The third-order valence-corrected chi connectivity index (χ3v) is 7.44. The number of aromatic amines is 1. The summed E-state index contributed by atoms with van der Waals surface area (Å²) in [7, 11) is -0.879. The molecule has 1 aromatic carbocycles. The number of nitrogens with two attached hydrogens (primary N) is 1. The lowest BCUT2D eigenvalue weighted by Crippen LogP contribution is -2.35. The molecule has 1 aromatic heterocycles. The highest BCUT2D eigenvalue weighted by molar-refractivity contribution is 7.82. The van der Waals surface area contributed by atoms with Gasteiger partial charge in [0.15, 0.2) is 0 Å². The second-order valence-electron chi connectivity index (χ2n) is 8.08. The Kier molecular flexibility index (Phi) is 8.33. The van der Waals surface area contributed by atoms with Crippen LogP contribution in [0.2, 0.25) is 0 Å². The van der Waals surface area contributed by atoms with Gasteiger partial charge >= 0.3 is 0 Å². The predicted octanol–water partition coefficient (Wildman–Crippen LogP) is 4.48. The van der Waals surface area contributed by atoms with Gasteiger partial charge in [0.1, 0.15) is 5.75 Å². The lowest BCUT2D eigenvalue weighted by atomic mass is 9.89. The summed E-state index contributed by atoms with van der Waals surface area (Å²) in [5.74, 6) is 1.29. The third kappa shape index (κ3) is 5.43. The molecule has 6 nitrogen and oxygen atoms in total.